The Labute approximate surface area is 95.9 Å². The van der Waals surface area contributed by atoms with Crippen LogP contribution in [-0.4, -0.2) is 23.8 Å². The number of hydrogen-bond acceptors (Lipinski definition) is 3. The van der Waals surface area contributed by atoms with E-state index in [-0.39, 0.29) is 5.91 Å². The van der Waals surface area contributed by atoms with E-state index in [0.29, 0.717) is 5.69 Å². The first-order valence-corrected chi connectivity index (χ1v) is 5.38. The van der Waals surface area contributed by atoms with Crippen molar-refractivity contribution >= 4 is 17.3 Å². The third kappa shape index (κ3) is 2.97. The number of amides is 1. The van der Waals surface area contributed by atoms with E-state index in [1.54, 1.807) is 13.0 Å². The summed E-state index contributed by atoms with van der Waals surface area (Å²) < 4.78 is 0. The first-order chi connectivity index (χ1) is 7.56. The second-order valence-electron chi connectivity index (χ2n) is 3.60. The molecule has 0 saturated carbocycles. The van der Waals surface area contributed by atoms with Gasteiger partial charge in [-0.1, -0.05) is 6.07 Å². The van der Waals surface area contributed by atoms with Crippen molar-refractivity contribution in [3.63, 3.8) is 0 Å². The fourth-order valence-electron chi connectivity index (χ4n) is 1.63. The number of benzene rings is 1. The van der Waals surface area contributed by atoms with E-state index in [0.717, 1.165) is 12.2 Å². The van der Waals surface area contributed by atoms with Crippen molar-refractivity contribution < 1.29 is 9.90 Å². The quantitative estimate of drug-likeness (QED) is 0.764. The van der Waals surface area contributed by atoms with Crippen LogP contribution in [0.3, 0.4) is 0 Å². The molecule has 0 fully saturated rings. The Hall–Kier alpha value is -1.55. The van der Waals surface area contributed by atoms with E-state index in [2.05, 4.69) is 5.32 Å². The van der Waals surface area contributed by atoms with E-state index in [9.17, 15) is 9.90 Å². The molecule has 1 aromatic rings. The minimum atomic E-state index is -0.825. The zero-order chi connectivity index (χ0) is 12.1. The van der Waals surface area contributed by atoms with Crippen LogP contribution in [-0.2, 0) is 4.79 Å². The second-order valence-corrected chi connectivity index (χ2v) is 3.60. The van der Waals surface area contributed by atoms with Gasteiger partial charge >= 0.3 is 0 Å². The van der Waals surface area contributed by atoms with Gasteiger partial charge in [0.2, 0.25) is 5.91 Å². The van der Waals surface area contributed by atoms with Gasteiger partial charge in [0, 0.05) is 24.8 Å². The number of aliphatic hydroxyl groups is 1. The molecular weight excluding hydrogens is 204 g/mol. The predicted octanol–water partition coefficient (Wildman–Crippen LogP) is 1.81. The standard InChI is InChI=1S/C12H18N2O2/c1-4-13-11-6-5-7-12(8-11)14(9(2)15)10(3)16/h5-9,13,15H,4H2,1-3H3. The lowest BCUT2D eigenvalue weighted by Crippen LogP contribution is -2.36. The molecule has 0 spiro atoms. The lowest BCUT2D eigenvalue weighted by atomic mass is 10.2. The zero-order valence-electron chi connectivity index (χ0n) is 9.90. The molecule has 4 heteroatoms. The molecule has 1 atom stereocenters. The number of anilines is 2. The smallest absolute Gasteiger partial charge is 0.225 e. The summed E-state index contributed by atoms with van der Waals surface area (Å²) in [5.41, 5.74) is 1.63. The molecule has 4 nitrogen and oxygen atoms in total. The molecule has 16 heavy (non-hydrogen) atoms. The van der Waals surface area contributed by atoms with Crippen LogP contribution in [0.5, 0.6) is 0 Å². The highest BCUT2D eigenvalue weighted by Gasteiger charge is 2.16. The van der Waals surface area contributed by atoms with Gasteiger partial charge in [-0.05, 0) is 32.0 Å². The van der Waals surface area contributed by atoms with Crippen LogP contribution in [0, 0.1) is 0 Å². The summed E-state index contributed by atoms with van der Waals surface area (Å²) in [4.78, 5) is 12.7. The van der Waals surface area contributed by atoms with Crippen LogP contribution in [0.25, 0.3) is 0 Å². The van der Waals surface area contributed by atoms with Crippen molar-refractivity contribution in [3.05, 3.63) is 24.3 Å². The first kappa shape index (κ1) is 12.5. The third-order valence-corrected chi connectivity index (χ3v) is 2.22. The normalized spacial score (nSPS) is 12.0. The number of aliphatic hydroxyl groups excluding tert-OH is 1. The summed E-state index contributed by atoms with van der Waals surface area (Å²) in [5.74, 6) is -0.177. The second kappa shape index (κ2) is 5.51. The summed E-state index contributed by atoms with van der Waals surface area (Å²) in [5, 5.41) is 12.7. The zero-order valence-corrected chi connectivity index (χ0v) is 9.90. The molecule has 2 N–H and O–H groups in total. The summed E-state index contributed by atoms with van der Waals surface area (Å²) in [6.07, 6.45) is -0.825. The molecule has 1 aromatic carbocycles. The average Bonchev–Trinajstić information content (AvgIpc) is 2.17. The minimum Gasteiger partial charge on any atom is -0.385 e. The number of carbonyl (C=O) groups excluding carboxylic acids is 1. The molecule has 0 aromatic heterocycles. The number of rotatable bonds is 4. The van der Waals surface area contributed by atoms with Crippen LogP contribution in [0.15, 0.2) is 24.3 Å². The van der Waals surface area contributed by atoms with Gasteiger partial charge in [0.1, 0.15) is 6.23 Å². The van der Waals surface area contributed by atoms with Crippen LogP contribution in [0.4, 0.5) is 11.4 Å². The van der Waals surface area contributed by atoms with Crippen LogP contribution >= 0.6 is 0 Å². The van der Waals surface area contributed by atoms with Gasteiger partial charge < -0.3 is 10.4 Å². The molecule has 0 aliphatic rings. The highest BCUT2D eigenvalue weighted by atomic mass is 16.3. The molecule has 1 amide bonds. The van der Waals surface area contributed by atoms with Crippen molar-refractivity contribution in [1.82, 2.24) is 0 Å². The lowest BCUT2D eigenvalue weighted by Gasteiger charge is -2.24. The monoisotopic (exact) mass is 222 g/mol. The van der Waals surface area contributed by atoms with Gasteiger partial charge in [-0.15, -0.1) is 0 Å². The van der Waals surface area contributed by atoms with Crippen molar-refractivity contribution in [2.24, 2.45) is 0 Å². The fourth-order valence-corrected chi connectivity index (χ4v) is 1.63. The molecule has 88 valence electrons. The van der Waals surface area contributed by atoms with E-state index >= 15 is 0 Å². The Morgan fingerprint density at radius 2 is 2.25 bits per heavy atom. The predicted molar refractivity (Wildman–Crippen MR) is 65.4 cm³/mol. The molecule has 0 heterocycles. The third-order valence-electron chi connectivity index (χ3n) is 2.22. The molecule has 1 unspecified atom stereocenters. The maximum Gasteiger partial charge on any atom is 0.225 e. The Morgan fingerprint density at radius 1 is 1.56 bits per heavy atom. The topological polar surface area (TPSA) is 52.6 Å². The van der Waals surface area contributed by atoms with Crippen LogP contribution in [0.1, 0.15) is 20.8 Å². The van der Waals surface area contributed by atoms with Crippen molar-refractivity contribution in [1.29, 1.82) is 0 Å². The van der Waals surface area contributed by atoms with E-state index in [4.69, 9.17) is 0 Å². The summed E-state index contributed by atoms with van der Waals surface area (Å²) >= 11 is 0. The highest BCUT2D eigenvalue weighted by Crippen LogP contribution is 2.21. The Morgan fingerprint density at radius 3 is 2.75 bits per heavy atom. The van der Waals surface area contributed by atoms with E-state index < -0.39 is 6.23 Å². The molecule has 0 bridgehead atoms. The largest absolute Gasteiger partial charge is 0.385 e. The highest BCUT2D eigenvalue weighted by molar-refractivity contribution is 5.92. The molecule has 0 saturated heterocycles. The maximum absolute atomic E-state index is 11.4. The van der Waals surface area contributed by atoms with Crippen LogP contribution < -0.4 is 10.2 Å². The Balaban J connectivity index is 3.00. The van der Waals surface area contributed by atoms with E-state index in [1.165, 1.54) is 11.8 Å². The minimum absolute atomic E-state index is 0.177. The van der Waals surface area contributed by atoms with Gasteiger partial charge in [-0.2, -0.15) is 0 Å². The number of nitrogens with zero attached hydrogens (tertiary/aromatic N) is 1. The SMILES string of the molecule is CCNc1cccc(N(C(C)=O)C(C)O)c1. The van der Waals surface area contributed by atoms with Crippen molar-refractivity contribution in [2.75, 3.05) is 16.8 Å². The van der Waals surface area contributed by atoms with E-state index in [1.807, 2.05) is 25.1 Å². The van der Waals surface area contributed by atoms with Gasteiger partial charge in [0.05, 0.1) is 0 Å². The first-order valence-electron chi connectivity index (χ1n) is 5.38. The molecule has 0 aliphatic heterocycles. The van der Waals surface area contributed by atoms with Crippen LogP contribution in [0.2, 0.25) is 0 Å². The summed E-state index contributed by atoms with van der Waals surface area (Å²) in [6.45, 7) is 5.83. The Kier molecular flexibility index (Phi) is 4.31. The van der Waals surface area contributed by atoms with Gasteiger partial charge in [-0.25, -0.2) is 0 Å². The number of hydrogen-bond donors (Lipinski definition) is 2. The Bertz CT molecular complexity index is 364. The molecular formula is C12H18N2O2. The number of nitrogens with one attached hydrogen (secondary N) is 1. The van der Waals surface area contributed by atoms with Gasteiger partial charge in [-0.3, -0.25) is 9.69 Å². The van der Waals surface area contributed by atoms with Crippen molar-refractivity contribution in [2.45, 2.75) is 27.0 Å². The van der Waals surface area contributed by atoms with Gasteiger partial charge in [0.25, 0.3) is 0 Å². The summed E-state index contributed by atoms with van der Waals surface area (Å²) in [6, 6.07) is 7.42. The molecule has 0 aliphatic carbocycles. The van der Waals surface area contributed by atoms with Crippen molar-refractivity contribution in [3.8, 4) is 0 Å². The fraction of sp³-hybridized carbons (Fsp3) is 0.417. The maximum atomic E-state index is 11.4. The lowest BCUT2D eigenvalue weighted by molar-refractivity contribution is -0.118. The van der Waals surface area contributed by atoms with Gasteiger partial charge in [0.15, 0.2) is 0 Å². The molecule has 1 rings (SSSR count). The number of carbonyl (C=O) groups is 1. The average molecular weight is 222 g/mol. The molecule has 0 radical (unpaired) electrons. The summed E-state index contributed by atoms with van der Waals surface area (Å²) in [7, 11) is 0.